The highest BCUT2D eigenvalue weighted by molar-refractivity contribution is 7.14. The number of nitrogens with zero attached hydrogens (tertiary/aromatic N) is 3. The van der Waals surface area contributed by atoms with Crippen LogP contribution in [0.1, 0.15) is 17.0 Å². The second-order valence-corrected chi connectivity index (χ2v) is 5.89. The number of hydrogen-bond acceptors (Lipinski definition) is 4. The molecule has 21 heavy (non-hydrogen) atoms. The van der Waals surface area contributed by atoms with Crippen LogP contribution in [0.5, 0.6) is 0 Å². The maximum Gasteiger partial charge on any atom is 0.183 e. The van der Waals surface area contributed by atoms with E-state index < -0.39 is 0 Å². The van der Waals surface area contributed by atoms with Gasteiger partial charge in [-0.2, -0.15) is 5.10 Å². The van der Waals surface area contributed by atoms with Gasteiger partial charge in [0.1, 0.15) is 0 Å². The zero-order chi connectivity index (χ0) is 14.8. The van der Waals surface area contributed by atoms with Crippen molar-refractivity contribution in [2.24, 2.45) is 7.05 Å². The van der Waals surface area contributed by atoms with Crippen molar-refractivity contribution in [2.75, 3.05) is 5.32 Å². The molecular formula is C16H18N4S. The van der Waals surface area contributed by atoms with E-state index >= 15 is 0 Å². The number of aryl methyl sites for hydroxylation is 2. The van der Waals surface area contributed by atoms with Crippen LogP contribution in [-0.4, -0.2) is 14.8 Å². The molecule has 108 valence electrons. The van der Waals surface area contributed by atoms with Crippen LogP contribution in [0.3, 0.4) is 0 Å². The van der Waals surface area contributed by atoms with E-state index in [1.165, 1.54) is 11.3 Å². The molecule has 0 amide bonds. The molecule has 4 nitrogen and oxygen atoms in total. The number of anilines is 1. The fourth-order valence-corrected chi connectivity index (χ4v) is 3.05. The van der Waals surface area contributed by atoms with E-state index in [4.69, 9.17) is 0 Å². The summed E-state index contributed by atoms with van der Waals surface area (Å²) >= 11 is 1.63. The number of benzene rings is 1. The summed E-state index contributed by atoms with van der Waals surface area (Å²) in [4.78, 5) is 4.64. The Hall–Kier alpha value is -2.14. The van der Waals surface area contributed by atoms with Gasteiger partial charge in [0.25, 0.3) is 0 Å². The summed E-state index contributed by atoms with van der Waals surface area (Å²) in [5.41, 5.74) is 5.68. The van der Waals surface area contributed by atoms with Crippen molar-refractivity contribution < 1.29 is 0 Å². The molecular weight excluding hydrogens is 280 g/mol. The van der Waals surface area contributed by atoms with Crippen molar-refractivity contribution in [3.05, 3.63) is 52.7 Å². The van der Waals surface area contributed by atoms with Gasteiger partial charge in [-0.15, -0.1) is 11.3 Å². The van der Waals surface area contributed by atoms with E-state index in [0.717, 1.165) is 28.6 Å². The van der Waals surface area contributed by atoms with Crippen LogP contribution in [0.15, 0.2) is 35.7 Å². The van der Waals surface area contributed by atoms with Gasteiger partial charge in [-0.25, -0.2) is 4.98 Å². The largest absolute Gasteiger partial charge is 0.357 e. The van der Waals surface area contributed by atoms with Gasteiger partial charge in [0.15, 0.2) is 5.13 Å². The van der Waals surface area contributed by atoms with Gasteiger partial charge >= 0.3 is 0 Å². The first kappa shape index (κ1) is 13.8. The van der Waals surface area contributed by atoms with E-state index in [0.29, 0.717) is 0 Å². The fraction of sp³-hybridized carbons (Fsp3) is 0.250. The minimum Gasteiger partial charge on any atom is -0.357 e. The van der Waals surface area contributed by atoms with Gasteiger partial charge < -0.3 is 5.32 Å². The lowest BCUT2D eigenvalue weighted by Gasteiger charge is -2.03. The summed E-state index contributed by atoms with van der Waals surface area (Å²) in [6.45, 7) is 4.89. The van der Waals surface area contributed by atoms with Gasteiger partial charge in [-0.1, -0.05) is 30.3 Å². The van der Waals surface area contributed by atoms with E-state index in [1.54, 1.807) is 11.3 Å². The Labute approximate surface area is 128 Å². The highest BCUT2D eigenvalue weighted by atomic mass is 32.1. The predicted molar refractivity (Wildman–Crippen MR) is 87.6 cm³/mol. The third-order valence-electron chi connectivity index (χ3n) is 3.65. The average molecular weight is 298 g/mol. The van der Waals surface area contributed by atoms with Crippen LogP contribution in [0, 0.1) is 13.8 Å². The minimum atomic E-state index is 0.757. The quantitative estimate of drug-likeness (QED) is 0.797. The molecule has 1 N–H and O–H groups in total. The number of nitrogens with one attached hydrogen (secondary N) is 1. The molecule has 0 saturated carbocycles. The summed E-state index contributed by atoms with van der Waals surface area (Å²) in [7, 11) is 1.97. The van der Waals surface area contributed by atoms with Crippen LogP contribution in [-0.2, 0) is 13.6 Å². The second-order valence-electron chi connectivity index (χ2n) is 5.03. The van der Waals surface area contributed by atoms with Crippen LogP contribution in [0.2, 0.25) is 0 Å². The number of hydrogen-bond donors (Lipinski definition) is 1. The smallest absolute Gasteiger partial charge is 0.183 e. The molecule has 0 fully saturated rings. The fourth-order valence-electron chi connectivity index (χ4n) is 2.33. The van der Waals surface area contributed by atoms with Crippen molar-refractivity contribution in [2.45, 2.75) is 20.4 Å². The number of aromatic nitrogens is 3. The van der Waals surface area contributed by atoms with E-state index in [1.807, 2.05) is 36.9 Å². The summed E-state index contributed by atoms with van der Waals surface area (Å²) in [6.07, 6.45) is 0. The molecule has 5 heteroatoms. The minimum absolute atomic E-state index is 0.757. The first-order valence-electron chi connectivity index (χ1n) is 6.89. The van der Waals surface area contributed by atoms with Crippen molar-refractivity contribution in [3.8, 4) is 11.3 Å². The Balaban J connectivity index is 1.73. The number of rotatable bonds is 4. The molecule has 0 aliphatic carbocycles. The van der Waals surface area contributed by atoms with Gasteiger partial charge in [0.05, 0.1) is 11.4 Å². The standard InChI is InChI=1S/C16H18N4S/c1-11-14(12(2)20(3)19-11)9-17-16-18-15(10-21-16)13-7-5-4-6-8-13/h4-8,10H,9H2,1-3H3,(H,17,18). The lowest BCUT2D eigenvalue weighted by atomic mass is 10.2. The topological polar surface area (TPSA) is 42.7 Å². The summed E-state index contributed by atoms with van der Waals surface area (Å²) in [5.74, 6) is 0. The molecule has 0 unspecified atom stereocenters. The molecule has 0 spiro atoms. The molecule has 3 rings (SSSR count). The SMILES string of the molecule is Cc1nn(C)c(C)c1CNc1nc(-c2ccccc2)cs1. The normalized spacial score (nSPS) is 10.8. The Kier molecular flexibility index (Phi) is 3.75. The number of thiazole rings is 1. The molecule has 0 bridgehead atoms. The van der Waals surface area contributed by atoms with Gasteiger partial charge in [0.2, 0.25) is 0 Å². The van der Waals surface area contributed by atoms with E-state index in [-0.39, 0.29) is 0 Å². The van der Waals surface area contributed by atoms with E-state index in [9.17, 15) is 0 Å². The van der Waals surface area contributed by atoms with Gasteiger partial charge in [-0.05, 0) is 13.8 Å². The first-order valence-corrected chi connectivity index (χ1v) is 7.77. The van der Waals surface area contributed by atoms with Crippen molar-refractivity contribution >= 4 is 16.5 Å². The van der Waals surface area contributed by atoms with Gasteiger partial charge in [-0.3, -0.25) is 4.68 Å². The monoisotopic (exact) mass is 298 g/mol. The Bertz CT molecular complexity index is 743. The van der Waals surface area contributed by atoms with Crippen LogP contribution in [0.4, 0.5) is 5.13 Å². The zero-order valence-electron chi connectivity index (χ0n) is 12.4. The highest BCUT2D eigenvalue weighted by Gasteiger charge is 2.10. The van der Waals surface area contributed by atoms with Crippen molar-refractivity contribution in [1.82, 2.24) is 14.8 Å². The summed E-state index contributed by atoms with van der Waals surface area (Å²) in [5, 5.41) is 10.9. The molecule has 0 aliphatic rings. The molecule has 3 aromatic rings. The average Bonchev–Trinajstić information content (AvgIpc) is 3.05. The molecule has 2 aromatic heterocycles. The molecule has 0 aliphatic heterocycles. The third kappa shape index (κ3) is 2.83. The van der Waals surface area contributed by atoms with Crippen molar-refractivity contribution in [1.29, 1.82) is 0 Å². The summed E-state index contributed by atoms with van der Waals surface area (Å²) in [6, 6.07) is 10.2. The predicted octanol–water partition coefficient (Wildman–Crippen LogP) is 3.77. The van der Waals surface area contributed by atoms with Crippen LogP contribution in [0.25, 0.3) is 11.3 Å². The van der Waals surface area contributed by atoms with Crippen molar-refractivity contribution in [3.63, 3.8) is 0 Å². The Morgan fingerprint density at radius 1 is 1.19 bits per heavy atom. The molecule has 0 atom stereocenters. The van der Waals surface area contributed by atoms with Gasteiger partial charge in [0, 0.05) is 35.8 Å². The lowest BCUT2D eigenvalue weighted by molar-refractivity contribution is 0.730. The Morgan fingerprint density at radius 2 is 1.95 bits per heavy atom. The zero-order valence-corrected chi connectivity index (χ0v) is 13.2. The highest BCUT2D eigenvalue weighted by Crippen LogP contribution is 2.25. The third-order valence-corrected chi connectivity index (χ3v) is 4.45. The molecule has 0 saturated heterocycles. The summed E-state index contributed by atoms with van der Waals surface area (Å²) < 4.78 is 1.92. The molecule has 2 heterocycles. The van der Waals surface area contributed by atoms with E-state index in [2.05, 4.69) is 39.8 Å². The maximum absolute atomic E-state index is 4.64. The lowest BCUT2D eigenvalue weighted by Crippen LogP contribution is -2.02. The second kappa shape index (κ2) is 5.69. The maximum atomic E-state index is 4.64. The first-order chi connectivity index (χ1) is 10.1. The van der Waals surface area contributed by atoms with Crippen LogP contribution < -0.4 is 5.32 Å². The molecule has 1 aromatic carbocycles. The van der Waals surface area contributed by atoms with Crippen LogP contribution >= 0.6 is 11.3 Å². The molecule has 0 radical (unpaired) electrons. The Morgan fingerprint density at radius 3 is 2.62 bits per heavy atom.